The number of hydrogen-bond acceptors (Lipinski definition) is 3. The molecular weight excluding hydrogens is 268 g/mol. The van der Waals surface area contributed by atoms with Gasteiger partial charge in [0.15, 0.2) is 6.61 Å². The Balaban J connectivity index is 2.62. The summed E-state index contributed by atoms with van der Waals surface area (Å²) in [4.78, 5) is 12.7. The Kier molecular flexibility index (Phi) is 6.38. The Morgan fingerprint density at radius 3 is 2.70 bits per heavy atom. The fraction of sp³-hybridized carbons (Fsp3) is 0.500. The predicted octanol–water partition coefficient (Wildman–Crippen LogP) is 1.77. The number of carbonyl (C=O) groups is 1. The van der Waals surface area contributed by atoms with Gasteiger partial charge in [0.2, 0.25) is 0 Å². The summed E-state index contributed by atoms with van der Waals surface area (Å²) < 4.78 is 30.0. The quantitative estimate of drug-likeness (QED) is 0.831. The average molecular weight is 287 g/mol. The van der Waals surface area contributed by atoms with Crippen molar-refractivity contribution >= 4 is 5.91 Å². The molecule has 0 saturated carbocycles. The van der Waals surface area contributed by atoms with Crippen LogP contribution in [0.15, 0.2) is 18.2 Å². The number of ether oxygens (including phenoxy) is 1. The number of aliphatic hydroxyl groups is 1. The van der Waals surface area contributed by atoms with Gasteiger partial charge in [0.25, 0.3) is 12.3 Å². The standard InChI is InChI=1S/C14H19F2NO3/c1-10-4-3-5-12(11(10)2)20-9-14(19)17(6-7-18)8-13(15)16/h3-5,13,18H,6-9H2,1-2H3. The molecule has 0 saturated heterocycles. The van der Waals surface area contributed by atoms with Crippen LogP contribution < -0.4 is 4.74 Å². The second kappa shape index (κ2) is 7.79. The van der Waals surface area contributed by atoms with Gasteiger partial charge in [0, 0.05) is 6.54 Å². The number of amides is 1. The monoisotopic (exact) mass is 287 g/mol. The van der Waals surface area contributed by atoms with Crippen LogP contribution in [0.1, 0.15) is 11.1 Å². The van der Waals surface area contributed by atoms with Crippen molar-refractivity contribution in [3.8, 4) is 5.75 Å². The van der Waals surface area contributed by atoms with E-state index >= 15 is 0 Å². The maximum atomic E-state index is 12.3. The second-order valence-corrected chi connectivity index (χ2v) is 4.44. The summed E-state index contributed by atoms with van der Waals surface area (Å²) in [6.07, 6.45) is -2.63. The largest absolute Gasteiger partial charge is 0.483 e. The fourth-order valence-electron chi connectivity index (χ4n) is 1.72. The van der Waals surface area contributed by atoms with Gasteiger partial charge in [-0.2, -0.15) is 0 Å². The molecule has 0 aliphatic carbocycles. The van der Waals surface area contributed by atoms with Gasteiger partial charge in [0.1, 0.15) is 5.75 Å². The lowest BCUT2D eigenvalue weighted by atomic mass is 10.1. The van der Waals surface area contributed by atoms with E-state index in [1.165, 1.54) is 0 Å². The number of carbonyl (C=O) groups excluding carboxylic acids is 1. The van der Waals surface area contributed by atoms with Crippen molar-refractivity contribution in [2.75, 3.05) is 26.3 Å². The van der Waals surface area contributed by atoms with E-state index in [0.717, 1.165) is 16.0 Å². The zero-order valence-corrected chi connectivity index (χ0v) is 11.6. The van der Waals surface area contributed by atoms with E-state index in [9.17, 15) is 13.6 Å². The first-order valence-electron chi connectivity index (χ1n) is 6.31. The van der Waals surface area contributed by atoms with Gasteiger partial charge < -0.3 is 14.7 Å². The Labute approximate surface area is 117 Å². The number of nitrogens with zero attached hydrogens (tertiary/aromatic N) is 1. The number of halogens is 2. The first kappa shape index (κ1) is 16.4. The molecule has 1 N–H and O–H groups in total. The SMILES string of the molecule is Cc1cccc(OCC(=O)N(CCO)CC(F)F)c1C. The lowest BCUT2D eigenvalue weighted by Gasteiger charge is -2.21. The lowest BCUT2D eigenvalue weighted by Crippen LogP contribution is -2.40. The van der Waals surface area contributed by atoms with Crippen LogP contribution in [-0.2, 0) is 4.79 Å². The topological polar surface area (TPSA) is 49.8 Å². The minimum atomic E-state index is -2.63. The third kappa shape index (κ3) is 4.77. The Morgan fingerprint density at radius 1 is 1.40 bits per heavy atom. The van der Waals surface area contributed by atoms with Crippen LogP contribution in [0.3, 0.4) is 0 Å². The van der Waals surface area contributed by atoms with Crippen LogP contribution in [0.25, 0.3) is 0 Å². The first-order valence-corrected chi connectivity index (χ1v) is 6.31. The van der Waals surface area contributed by atoms with Crippen LogP contribution in [0.4, 0.5) is 8.78 Å². The van der Waals surface area contributed by atoms with Crippen LogP contribution in [0.2, 0.25) is 0 Å². The zero-order chi connectivity index (χ0) is 15.1. The molecule has 0 aliphatic heterocycles. The highest BCUT2D eigenvalue weighted by atomic mass is 19.3. The van der Waals surface area contributed by atoms with Crippen molar-refractivity contribution in [1.29, 1.82) is 0 Å². The minimum absolute atomic E-state index is 0.126. The summed E-state index contributed by atoms with van der Waals surface area (Å²) in [5, 5.41) is 8.78. The molecule has 1 amide bonds. The molecule has 0 aliphatic rings. The number of alkyl halides is 2. The molecule has 4 nitrogen and oxygen atoms in total. The van der Waals surface area contributed by atoms with E-state index in [2.05, 4.69) is 0 Å². The molecule has 0 unspecified atom stereocenters. The number of benzene rings is 1. The summed E-state index contributed by atoms with van der Waals surface area (Å²) in [6, 6.07) is 5.44. The Bertz CT molecular complexity index is 452. The molecule has 0 bridgehead atoms. The van der Waals surface area contributed by atoms with Crippen molar-refractivity contribution in [2.45, 2.75) is 20.3 Å². The molecule has 112 valence electrons. The number of aliphatic hydroxyl groups excluding tert-OH is 1. The smallest absolute Gasteiger partial charge is 0.260 e. The second-order valence-electron chi connectivity index (χ2n) is 4.44. The number of aryl methyl sites for hydroxylation is 1. The minimum Gasteiger partial charge on any atom is -0.483 e. The maximum Gasteiger partial charge on any atom is 0.260 e. The van der Waals surface area contributed by atoms with Crippen molar-refractivity contribution in [3.63, 3.8) is 0 Å². The molecule has 20 heavy (non-hydrogen) atoms. The van der Waals surface area contributed by atoms with Gasteiger partial charge in [-0.3, -0.25) is 4.79 Å². The highest BCUT2D eigenvalue weighted by Gasteiger charge is 2.18. The molecule has 0 fully saturated rings. The van der Waals surface area contributed by atoms with E-state index in [4.69, 9.17) is 9.84 Å². The summed E-state index contributed by atoms with van der Waals surface area (Å²) in [5.41, 5.74) is 1.93. The molecule has 1 rings (SSSR count). The third-order valence-electron chi connectivity index (χ3n) is 2.99. The molecule has 1 aromatic rings. The van der Waals surface area contributed by atoms with Crippen LogP contribution in [0, 0.1) is 13.8 Å². The normalized spacial score (nSPS) is 10.7. The molecule has 0 atom stereocenters. The van der Waals surface area contributed by atoms with Gasteiger partial charge in [0.05, 0.1) is 13.2 Å². The molecule has 0 radical (unpaired) electrons. The van der Waals surface area contributed by atoms with E-state index in [-0.39, 0.29) is 19.8 Å². The summed E-state index contributed by atoms with van der Waals surface area (Å²) in [7, 11) is 0. The third-order valence-corrected chi connectivity index (χ3v) is 2.99. The summed E-state index contributed by atoms with van der Waals surface area (Å²) in [5.74, 6) is -0.0143. The predicted molar refractivity (Wildman–Crippen MR) is 71.1 cm³/mol. The summed E-state index contributed by atoms with van der Waals surface area (Å²) >= 11 is 0. The van der Waals surface area contributed by atoms with Crippen LogP contribution in [0.5, 0.6) is 5.75 Å². The van der Waals surface area contributed by atoms with Crippen molar-refractivity contribution in [1.82, 2.24) is 4.90 Å². The Hall–Kier alpha value is -1.69. The number of hydrogen-bond donors (Lipinski definition) is 1. The fourth-order valence-corrected chi connectivity index (χ4v) is 1.72. The van der Waals surface area contributed by atoms with E-state index in [0.29, 0.717) is 5.75 Å². The summed E-state index contributed by atoms with van der Waals surface area (Å²) in [6.45, 7) is 2.27. The maximum absolute atomic E-state index is 12.3. The first-order chi connectivity index (χ1) is 9.45. The van der Waals surface area contributed by atoms with Crippen molar-refractivity contribution in [3.05, 3.63) is 29.3 Å². The Morgan fingerprint density at radius 2 is 2.10 bits per heavy atom. The van der Waals surface area contributed by atoms with E-state index < -0.39 is 18.9 Å². The molecule has 1 aromatic carbocycles. The van der Waals surface area contributed by atoms with Crippen molar-refractivity contribution in [2.24, 2.45) is 0 Å². The lowest BCUT2D eigenvalue weighted by molar-refractivity contribution is -0.135. The van der Waals surface area contributed by atoms with E-state index in [1.54, 1.807) is 12.1 Å². The molecule has 0 heterocycles. The van der Waals surface area contributed by atoms with Crippen LogP contribution in [-0.4, -0.2) is 48.6 Å². The van der Waals surface area contributed by atoms with Gasteiger partial charge >= 0.3 is 0 Å². The highest BCUT2D eigenvalue weighted by Crippen LogP contribution is 2.20. The van der Waals surface area contributed by atoms with Gasteiger partial charge in [-0.05, 0) is 31.0 Å². The number of rotatable bonds is 7. The van der Waals surface area contributed by atoms with Gasteiger partial charge in [-0.1, -0.05) is 12.1 Å². The zero-order valence-electron chi connectivity index (χ0n) is 11.6. The molecule has 6 heteroatoms. The highest BCUT2D eigenvalue weighted by molar-refractivity contribution is 5.77. The van der Waals surface area contributed by atoms with Gasteiger partial charge in [-0.15, -0.1) is 0 Å². The molecule has 0 spiro atoms. The van der Waals surface area contributed by atoms with Crippen molar-refractivity contribution < 1.29 is 23.4 Å². The molecule has 0 aromatic heterocycles. The van der Waals surface area contributed by atoms with E-state index in [1.807, 2.05) is 19.9 Å². The molecular formula is C14H19F2NO3. The average Bonchev–Trinajstić information content (AvgIpc) is 2.39. The van der Waals surface area contributed by atoms with Crippen LogP contribution >= 0.6 is 0 Å². The van der Waals surface area contributed by atoms with Gasteiger partial charge in [-0.25, -0.2) is 8.78 Å².